The number of aromatic nitrogens is 2. The van der Waals surface area contributed by atoms with Crippen molar-refractivity contribution in [1.82, 2.24) is 14.7 Å². The number of carbonyl (C=O) groups excluding carboxylic acids is 1. The number of carbonyl (C=O) groups is 1. The van der Waals surface area contributed by atoms with Gasteiger partial charge in [0.1, 0.15) is 11.4 Å². The predicted molar refractivity (Wildman–Crippen MR) is 92.9 cm³/mol. The highest BCUT2D eigenvalue weighted by Crippen LogP contribution is 2.39. The van der Waals surface area contributed by atoms with Crippen LogP contribution in [0.5, 0.6) is 5.75 Å². The van der Waals surface area contributed by atoms with Gasteiger partial charge >= 0.3 is 0 Å². The van der Waals surface area contributed by atoms with Crippen LogP contribution in [0.2, 0.25) is 0 Å². The topological polar surface area (TPSA) is 67.6 Å². The van der Waals surface area contributed by atoms with E-state index in [4.69, 9.17) is 4.74 Å². The fourth-order valence-electron chi connectivity index (χ4n) is 4.30. The van der Waals surface area contributed by atoms with Gasteiger partial charge in [0.15, 0.2) is 0 Å². The maximum atomic E-state index is 13.0. The van der Waals surface area contributed by atoms with Crippen LogP contribution in [-0.2, 0) is 0 Å². The highest BCUT2D eigenvalue weighted by molar-refractivity contribution is 5.94. The minimum Gasteiger partial charge on any atom is -0.494 e. The zero-order chi connectivity index (χ0) is 17.4. The summed E-state index contributed by atoms with van der Waals surface area (Å²) in [6, 6.07) is 8.10. The molecule has 25 heavy (non-hydrogen) atoms. The minimum absolute atomic E-state index is 0.0463. The second kappa shape index (κ2) is 6.52. The van der Waals surface area contributed by atoms with Crippen LogP contribution in [-0.4, -0.2) is 51.5 Å². The molecule has 1 aromatic heterocycles. The molecule has 1 unspecified atom stereocenters. The Labute approximate surface area is 147 Å². The summed E-state index contributed by atoms with van der Waals surface area (Å²) in [6.45, 7) is 0.223. The Kier molecular flexibility index (Phi) is 4.21. The Bertz CT molecular complexity index is 759. The SMILES string of the molecule is COc1ccccc1-n1cc(C(=O)N2[C@@H]3CC[C@H]2CC(CO)C3)cn1. The van der Waals surface area contributed by atoms with Crippen molar-refractivity contribution in [2.75, 3.05) is 13.7 Å². The Morgan fingerprint density at radius 2 is 2.00 bits per heavy atom. The molecule has 0 spiro atoms. The fraction of sp³-hybridized carbons (Fsp3) is 0.474. The molecule has 4 rings (SSSR count). The summed E-state index contributed by atoms with van der Waals surface area (Å²) >= 11 is 0. The second-order valence-corrected chi connectivity index (χ2v) is 6.96. The Balaban J connectivity index is 1.58. The van der Waals surface area contributed by atoms with Gasteiger partial charge in [-0.1, -0.05) is 12.1 Å². The smallest absolute Gasteiger partial charge is 0.257 e. The molecule has 0 radical (unpaired) electrons. The van der Waals surface area contributed by atoms with Crippen LogP contribution in [0, 0.1) is 5.92 Å². The number of aliphatic hydroxyl groups is 1. The molecule has 1 amide bonds. The van der Waals surface area contributed by atoms with E-state index >= 15 is 0 Å². The van der Waals surface area contributed by atoms with Crippen LogP contribution in [0.25, 0.3) is 5.69 Å². The Hall–Kier alpha value is -2.34. The molecule has 1 N–H and O–H groups in total. The van der Waals surface area contributed by atoms with E-state index in [0.29, 0.717) is 17.2 Å². The molecule has 2 bridgehead atoms. The summed E-state index contributed by atoms with van der Waals surface area (Å²) in [7, 11) is 1.62. The Morgan fingerprint density at radius 1 is 1.28 bits per heavy atom. The van der Waals surface area contributed by atoms with Crippen LogP contribution >= 0.6 is 0 Å². The fourth-order valence-corrected chi connectivity index (χ4v) is 4.30. The average molecular weight is 341 g/mol. The van der Waals surface area contributed by atoms with Crippen molar-refractivity contribution >= 4 is 5.91 Å². The maximum Gasteiger partial charge on any atom is 0.257 e. The van der Waals surface area contributed by atoms with E-state index in [0.717, 1.165) is 31.4 Å². The lowest BCUT2D eigenvalue weighted by atomic mass is 9.91. The monoisotopic (exact) mass is 341 g/mol. The molecule has 0 saturated carbocycles. The van der Waals surface area contributed by atoms with Gasteiger partial charge in [0.2, 0.25) is 0 Å². The van der Waals surface area contributed by atoms with Crippen LogP contribution in [0.3, 0.4) is 0 Å². The van der Waals surface area contributed by atoms with Gasteiger partial charge in [-0.15, -0.1) is 0 Å². The van der Waals surface area contributed by atoms with E-state index in [1.54, 1.807) is 24.2 Å². The summed E-state index contributed by atoms with van der Waals surface area (Å²) in [5.41, 5.74) is 1.41. The minimum atomic E-state index is 0.0463. The number of nitrogens with zero attached hydrogens (tertiary/aromatic N) is 3. The molecule has 2 fully saturated rings. The van der Waals surface area contributed by atoms with Gasteiger partial charge in [0.05, 0.1) is 18.9 Å². The lowest BCUT2D eigenvalue weighted by Gasteiger charge is -2.38. The van der Waals surface area contributed by atoms with Crippen LogP contribution in [0.15, 0.2) is 36.7 Å². The molecular weight excluding hydrogens is 318 g/mol. The maximum absolute atomic E-state index is 13.0. The number of para-hydroxylation sites is 2. The first-order valence-electron chi connectivity index (χ1n) is 8.83. The van der Waals surface area contributed by atoms with E-state index in [2.05, 4.69) is 5.10 Å². The van der Waals surface area contributed by atoms with Gasteiger partial charge in [0.25, 0.3) is 5.91 Å². The zero-order valence-electron chi connectivity index (χ0n) is 14.3. The molecule has 3 atom stereocenters. The highest BCUT2D eigenvalue weighted by Gasteiger charge is 2.43. The average Bonchev–Trinajstić information content (AvgIpc) is 3.24. The number of rotatable bonds is 4. The highest BCUT2D eigenvalue weighted by atomic mass is 16.5. The van der Waals surface area contributed by atoms with Gasteiger partial charge in [0, 0.05) is 24.9 Å². The number of methoxy groups -OCH3 is 1. The zero-order valence-corrected chi connectivity index (χ0v) is 14.3. The van der Waals surface area contributed by atoms with E-state index < -0.39 is 0 Å². The van der Waals surface area contributed by atoms with Gasteiger partial charge in [-0.05, 0) is 43.7 Å². The number of fused-ring (bicyclic) bond motifs is 2. The van der Waals surface area contributed by atoms with E-state index in [-0.39, 0.29) is 24.6 Å². The van der Waals surface area contributed by atoms with Crippen LogP contribution < -0.4 is 4.74 Å². The molecule has 3 heterocycles. The third-order valence-electron chi connectivity index (χ3n) is 5.48. The standard InChI is InChI=1S/C19H23N3O3/c1-25-18-5-3-2-4-17(18)21-11-14(10-20-21)19(24)22-15-6-7-16(22)9-13(8-15)12-23/h2-5,10-11,13,15-16,23H,6-9,12H2,1H3/t13?,15-,16+. The molecule has 6 nitrogen and oxygen atoms in total. The number of amides is 1. The number of aliphatic hydroxyl groups excluding tert-OH is 1. The number of piperidine rings is 1. The summed E-state index contributed by atoms with van der Waals surface area (Å²) in [4.78, 5) is 15.1. The molecule has 0 aliphatic carbocycles. The summed E-state index contributed by atoms with van der Waals surface area (Å²) in [5.74, 6) is 1.09. The van der Waals surface area contributed by atoms with Crippen LogP contribution in [0.4, 0.5) is 0 Å². The van der Waals surface area contributed by atoms with Crippen molar-refractivity contribution in [1.29, 1.82) is 0 Å². The van der Waals surface area contributed by atoms with Crippen molar-refractivity contribution in [2.45, 2.75) is 37.8 Å². The lowest BCUT2D eigenvalue weighted by molar-refractivity contribution is 0.0453. The summed E-state index contributed by atoms with van der Waals surface area (Å²) < 4.78 is 7.06. The first-order valence-corrected chi connectivity index (χ1v) is 8.83. The summed E-state index contributed by atoms with van der Waals surface area (Å²) in [6.07, 6.45) is 7.28. The third kappa shape index (κ3) is 2.80. The van der Waals surface area contributed by atoms with Crippen molar-refractivity contribution < 1.29 is 14.6 Å². The van der Waals surface area contributed by atoms with Gasteiger partial charge in [-0.25, -0.2) is 4.68 Å². The molecule has 2 aliphatic rings. The number of benzene rings is 1. The molecule has 6 heteroatoms. The molecule has 132 valence electrons. The van der Waals surface area contributed by atoms with Gasteiger partial charge in [-0.2, -0.15) is 5.10 Å². The van der Waals surface area contributed by atoms with Crippen molar-refractivity contribution in [3.05, 3.63) is 42.2 Å². The van der Waals surface area contributed by atoms with Crippen molar-refractivity contribution in [3.8, 4) is 11.4 Å². The van der Waals surface area contributed by atoms with E-state index in [1.807, 2.05) is 29.2 Å². The number of hydrogen-bond acceptors (Lipinski definition) is 4. The molecular formula is C19H23N3O3. The van der Waals surface area contributed by atoms with E-state index in [1.165, 1.54) is 0 Å². The second-order valence-electron chi connectivity index (χ2n) is 6.96. The van der Waals surface area contributed by atoms with Crippen molar-refractivity contribution in [2.24, 2.45) is 5.92 Å². The molecule has 2 aliphatic heterocycles. The normalized spacial score (nSPS) is 25.2. The summed E-state index contributed by atoms with van der Waals surface area (Å²) in [5, 5.41) is 13.8. The van der Waals surface area contributed by atoms with Crippen molar-refractivity contribution in [3.63, 3.8) is 0 Å². The lowest BCUT2D eigenvalue weighted by Crippen LogP contribution is -2.47. The van der Waals surface area contributed by atoms with Gasteiger partial charge in [-0.3, -0.25) is 4.79 Å². The molecule has 1 aromatic carbocycles. The number of hydrogen-bond donors (Lipinski definition) is 1. The molecule has 2 saturated heterocycles. The first kappa shape index (κ1) is 16.1. The van der Waals surface area contributed by atoms with E-state index in [9.17, 15) is 9.90 Å². The predicted octanol–water partition coefficient (Wildman–Crippen LogP) is 2.26. The first-order chi connectivity index (χ1) is 12.2. The Morgan fingerprint density at radius 3 is 2.68 bits per heavy atom. The third-order valence-corrected chi connectivity index (χ3v) is 5.48. The number of ether oxygens (including phenoxy) is 1. The van der Waals surface area contributed by atoms with Crippen LogP contribution in [0.1, 0.15) is 36.0 Å². The quantitative estimate of drug-likeness (QED) is 0.926. The largest absolute Gasteiger partial charge is 0.494 e. The van der Waals surface area contributed by atoms with Gasteiger partial charge < -0.3 is 14.7 Å². The molecule has 2 aromatic rings.